The maximum absolute atomic E-state index is 14.3. The highest BCUT2D eigenvalue weighted by Gasteiger charge is 2.39. The highest BCUT2D eigenvalue weighted by Crippen LogP contribution is 2.41. The van der Waals surface area contributed by atoms with Gasteiger partial charge in [-0.05, 0) is 65.5 Å². The Morgan fingerprint density at radius 2 is 1.68 bits per heavy atom. The number of benzene rings is 2. The molecule has 0 saturated heterocycles. The molecule has 0 fully saturated rings. The molecular weight excluding hydrogens is 620 g/mol. The van der Waals surface area contributed by atoms with E-state index in [1.807, 2.05) is 24.3 Å². The van der Waals surface area contributed by atoms with Crippen molar-refractivity contribution in [3.05, 3.63) is 68.5 Å². The molecule has 1 heterocycles. The fourth-order valence-electron chi connectivity index (χ4n) is 3.33. The molecule has 40 heavy (non-hydrogen) atoms. The third-order valence-electron chi connectivity index (χ3n) is 5.37. The van der Waals surface area contributed by atoms with Crippen LogP contribution in [0, 0.1) is 5.82 Å². The minimum absolute atomic E-state index is 0.104. The summed E-state index contributed by atoms with van der Waals surface area (Å²) in [4.78, 5) is 24.9. The average Bonchev–Trinajstić information content (AvgIpc) is 3.13. The number of esters is 1. The molecule has 0 aliphatic rings. The molecular formula is C27H30BrClF4N4O3. The van der Waals surface area contributed by atoms with Crippen LogP contribution in [0.3, 0.4) is 0 Å². The van der Waals surface area contributed by atoms with Gasteiger partial charge in [0.25, 0.3) is 0 Å². The number of amides is 2. The van der Waals surface area contributed by atoms with Gasteiger partial charge in [0.1, 0.15) is 11.5 Å². The third-order valence-corrected chi connectivity index (χ3v) is 6.43. The minimum Gasteiger partial charge on any atom is -0.459 e. The van der Waals surface area contributed by atoms with Gasteiger partial charge in [0.05, 0.1) is 21.2 Å². The number of ether oxygens (including phenoxy) is 1. The SMILES string of the molecule is CC(C)OC(=O)c1cc(-c2nn(C)c(C(F)(F)F)c2Br)c(F)cc1Cl.CC(C)c1ccc(NC(=O)N(C)C)cc1. The second kappa shape index (κ2) is 13.5. The molecule has 3 aromatic rings. The highest BCUT2D eigenvalue weighted by atomic mass is 79.9. The normalized spacial score (nSPS) is 11.3. The Hall–Kier alpha value is -3.12. The Morgan fingerprint density at radius 1 is 1.10 bits per heavy atom. The number of anilines is 1. The summed E-state index contributed by atoms with van der Waals surface area (Å²) < 4.78 is 58.6. The number of urea groups is 1. The summed E-state index contributed by atoms with van der Waals surface area (Å²) in [6, 6.07) is 9.68. The number of aryl methyl sites for hydroxylation is 1. The van der Waals surface area contributed by atoms with Crippen molar-refractivity contribution in [3.8, 4) is 11.3 Å². The summed E-state index contributed by atoms with van der Waals surface area (Å²) in [6.07, 6.45) is -5.14. The lowest BCUT2D eigenvalue weighted by atomic mass is 10.0. The first-order chi connectivity index (χ1) is 18.4. The van der Waals surface area contributed by atoms with Crippen molar-refractivity contribution in [2.24, 2.45) is 7.05 Å². The summed E-state index contributed by atoms with van der Waals surface area (Å²) in [5.74, 6) is -1.22. The Morgan fingerprint density at radius 3 is 2.12 bits per heavy atom. The standard InChI is InChI=1S/C15H12BrClF4N2O2.C12H18N2O/c1-6(2)25-14(24)7-4-8(10(18)5-9(7)17)12-11(16)13(15(19,20)21)23(3)22-12;1-9(2)10-5-7-11(8-6-10)13-12(15)14(3)4/h4-6H,1-3H3;5-9H,1-4H3,(H,13,15). The van der Waals surface area contributed by atoms with E-state index in [1.165, 1.54) is 10.5 Å². The first kappa shape index (κ1) is 33.1. The van der Waals surface area contributed by atoms with Crippen LogP contribution in [0.4, 0.5) is 28.0 Å². The van der Waals surface area contributed by atoms with Gasteiger partial charge in [-0.25, -0.2) is 14.0 Å². The molecule has 0 aliphatic heterocycles. The third kappa shape index (κ3) is 8.44. The lowest BCUT2D eigenvalue weighted by molar-refractivity contribution is -0.144. The van der Waals surface area contributed by atoms with Gasteiger partial charge in [-0.1, -0.05) is 37.6 Å². The summed E-state index contributed by atoms with van der Waals surface area (Å²) in [5.41, 5.74) is 0.248. The van der Waals surface area contributed by atoms with E-state index in [9.17, 15) is 27.2 Å². The monoisotopic (exact) mass is 648 g/mol. The number of aromatic nitrogens is 2. The molecule has 0 spiro atoms. The van der Waals surface area contributed by atoms with Gasteiger partial charge in [-0.3, -0.25) is 4.68 Å². The molecule has 2 aromatic carbocycles. The van der Waals surface area contributed by atoms with E-state index in [0.717, 1.165) is 24.9 Å². The zero-order valence-electron chi connectivity index (χ0n) is 23.0. The molecule has 0 unspecified atom stereocenters. The molecule has 13 heteroatoms. The Kier molecular flexibility index (Phi) is 11.2. The van der Waals surface area contributed by atoms with Crippen LogP contribution in [-0.4, -0.2) is 46.9 Å². The van der Waals surface area contributed by atoms with Gasteiger partial charge in [0.2, 0.25) is 0 Å². The first-order valence-electron chi connectivity index (χ1n) is 12.0. The molecule has 1 N–H and O–H groups in total. The van der Waals surface area contributed by atoms with Gasteiger partial charge in [0, 0.05) is 32.4 Å². The number of hydrogen-bond donors (Lipinski definition) is 1. The molecule has 0 atom stereocenters. The van der Waals surface area contributed by atoms with Crippen LogP contribution in [0.15, 0.2) is 40.9 Å². The average molecular weight is 650 g/mol. The largest absolute Gasteiger partial charge is 0.459 e. The molecule has 3 rings (SSSR count). The Labute approximate surface area is 243 Å². The molecule has 1 aromatic heterocycles. The predicted octanol–water partition coefficient (Wildman–Crippen LogP) is 8.13. The van der Waals surface area contributed by atoms with Gasteiger partial charge >= 0.3 is 18.2 Å². The van der Waals surface area contributed by atoms with Crippen LogP contribution in [0.2, 0.25) is 5.02 Å². The summed E-state index contributed by atoms with van der Waals surface area (Å²) in [6.45, 7) is 7.52. The van der Waals surface area contributed by atoms with E-state index < -0.39 is 34.2 Å². The van der Waals surface area contributed by atoms with Crippen LogP contribution < -0.4 is 5.32 Å². The lowest BCUT2D eigenvalue weighted by Gasteiger charge is -2.12. The zero-order valence-corrected chi connectivity index (χ0v) is 25.3. The van der Waals surface area contributed by atoms with Crippen molar-refractivity contribution in [1.29, 1.82) is 0 Å². The number of rotatable bonds is 5. The quantitative estimate of drug-likeness (QED) is 0.224. The maximum Gasteiger partial charge on any atom is 0.434 e. The number of carbonyl (C=O) groups is 2. The van der Waals surface area contributed by atoms with Gasteiger partial charge < -0.3 is 15.0 Å². The van der Waals surface area contributed by atoms with Gasteiger partial charge in [-0.2, -0.15) is 18.3 Å². The fraction of sp³-hybridized carbons (Fsp3) is 0.370. The smallest absolute Gasteiger partial charge is 0.434 e. The fourth-order valence-corrected chi connectivity index (χ4v) is 4.33. The summed E-state index contributed by atoms with van der Waals surface area (Å²) in [7, 11) is 4.52. The molecule has 2 amide bonds. The van der Waals surface area contributed by atoms with Crippen LogP contribution in [0.1, 0.15) is 55.2 Å². The number of halogens is 6. The number of nitrogens with zero attached hydrogens (tertiary/aromatic N) is 3. The highest BCUT2D eigenvalue weighted by molar-refractivity contribution is 9.10. The van der Waals surface area contributed by atoms with Crippen molar-refractivity contribution in [1.82, 2.24) is 14.7 Å². The second-order valence-electron chi connectivity index (χ2n) is 9.50. The predicted molar refractivity (Wildman–Crippen MR) is 150 cm³/mol. The van der Waals surface area contributed by atoms with Crippen LogP contribution in [0.5, 0.6) is 0 Å². The van der Waals surface area contributed by atoms with E-state index in [2.05, 4.69) is 40.2 Å². The maximum atomic E-state index is 14.3. The lowest BCUT2D eigenvalue weighted by Crippen LogP contribution is -2.27. The Balaban J connectivity index is 0.000000319. The molecule has 7 nitrogen and oxygen atoms in total. The number of carbonyl (C=O) groups excluding carboxylic acids is 2. The molecule has 0 aliphatic carbocycles. The van der Waals surface area contributed by atoms with Crippen molar-refractivity contribution in [2.75, 3.05) is 19.4 Å². The van der Waals surface area contributed by atoms with E-state index in [0.29, 0.717) is 10.6 Å². The Bertz CT molecular complexity index is 1360. The second-order valence-corrected chi connectivity index (χ2v) is 10.7. The number of hydrogen-bond acceptors (Lipinski definition) is 4. The van der Waals surface area contributed by atoms with Crippen molar-refractivity contribution in [3.63, 3.8) is 0 Å². The zero-order chi connectivity index (χ0) is 30.5. The van der Waals surface area contributed by atoms with E-state index in [-0.39, 0.29) is 27.9 Å². The molecule has 218 valence electrons. The van der Waals surface area contributed by atoms with Gasteiger partial charge in [-0.15, -0.1) is 0 Å². The topological polar surface area (TPSA) is 76.5 Å². The minimum atomic E-state index is -4.69. The number of alkyl halides is 3. The van der Waals surface area contributed by atoms with Crippen LogP contribution in [0.25, 0.3) is 11.3 Å². The van der Waals surface area contributed by atoms with Crippen molar-refractivity contribution >= 4 is 45.2 Å². The first-order valence-corrected chi connectivity index (χ1v) is 13.2. The molecule has 0 radical (unpaired) electrons. The number of nitrogens with one attached hydrogen (secondary N) is 1. The van der Waals surface area contributed by atoms with E-state index in [4.69, 9.17) is 16.3 Å². The van der Waals surface area contributed by atoms with E-state index >= 15 is 0 Å². The summed E-state index contributed by atoms with van der Waals surface area (Å²) >= 11 is 8.67. The van der Waals surface area contributed by atoms with Crippen molar-refractivity contribution in [2.45, 2.75) is 45.9 Å². The molecule has 0 bridgehead atoms. The van der Waals surface area contributed by atoms with Gasteiger partial charge in [0.15, 0.2) is 5.69 Å². The van der Waals surface area contributed by atoms with Crippen LogP contribution in [-0.2, 0) is 18.0 Å². The van der Waals surface area contributed by atoms with Crippen LogP contribution >= 0.6 is 27.5 Å². The summed E-state index contributed by atoms with van der Waals surface area (Å²) in [5, 5.41) is 6.29. The van der Waals surface area contributed by atoms with E-state index in [1.54, 1.807) is 27.9 Å². The molecule has 0 saturated carbocycles. The van der Waals surface area contributed by atoms with Crippen molar-refractivity contribution < 1.29 is 31.9 Å².